The Bertz CT molecular complexity index is 384. The molecule has 4 nitrogen and oxygen atoms in total. The van der Waals surface area contributed by atoms with Gasteiger partial charge in [0.25, 0.3) is 0 Å². The summed E-state index contributed by atoms with van der Waals surface area (Å²) >= 11 is 0. The number of aromatic nitrogens is 1. The molecule has 1 aliphatic rings. The Labute approximate surface area is 107 Å². The van der Waals surface area contributed by atoms with Gasteiger partial charge in [0.15, 0.2) is 0 Å². The summed E-state index contributed by atoms with van der Waals surface area (Å²) in [7, 11) is 0. The first kappa shape index (κ1) is 13.0. The molecule has 1 fully saturated rings. The number of hydrogen-bond acceptors (Lipinski definition) is 3. The van der Waals surface area contributed by atoms with Crippen LogP contribution >= 0.6 is 0 Å². The van der Waals surface area contributed by atoms with Crippen molar-refractivity contribution in [3.63, 3.8) is 0 Å². The largest absolute Gasteiger partial charge is 0.480 e. The number of aliphatic carboxylic acids is 1. The molecule has 0 aromatic carbocycles. The van der Waals surface area contributed by atoms with Gasteiger partial charge in [0.1, 0.15) is 5.54 Å². The number of nitrogens with one attached hydrogen (secondary N) is 1. The van der Waals surface area contributed by atoms with Crippen LogP contribution in [0.2, 0.25) is 0 Å². The van der Waals surface area contributed by atoms with Crippen LogP contribution in [-0.2, 0) is 11.3 Å². The van der Waals surface area contributed by atoms with E-state index in [9.17, 15) is 9.90 Å². The summed E-state index contributed by atoms with van der Waals surface area (Å²) in [5.74, 6) is -0.710. The van der Waals surface area contributed by atoms with E-state index in [1.165, 1.54) is 0 Å². The predicted octanol–water partition coefficient (Wildman–Crippen LogP) is 2.35. The van der Waals surface area contributed by atoms with E-state index in [-0.39, 0.29) is 0 Å². The maximum absolute atomic E-state index is 11.6. The van der Waals surface area contributed by atoms with E-state index in [0.29, 0.717) is 6.54 Å². The standard InChI is InChI=1S/C14H20N2O2/c17-13(18)14(7-3-1-2-4-8-14)16-11-12-5-9-15-10-6-12/h5-6,9-10,16H,1-4,7-8,11H2,(H,17,18). The summed E-state index contributed by atoms with van der Waals surface area (Å²) < 4.78 is 0. The maximum atomic E-state index is 11.6. The molecule has 0 atom stereocenters. The molecule has 1 saturated carbocycles. The molecule has 0 bridgehead atoms. The summed E-state index contributed by atoms with van der Waals surface area (Å²) in [6, 6.07) is 3.83. The first-order chi connectivity index (χ1) is 8.73. The van der Waals surface area contributed by atoms with Gasteiger partial charge >= 0.3 is 5.97 Å². The monoisotopic (exact) mass is 248 g/mol. The van der Waals surface area contributed by atoms with Gasteiger partial charge in [-0.1, -0.05) is 25.7 Å². The molecule has 0 aliphatic heterocycles. The molecular weight excluding hydrogens is 228 g/mol. The molecule has 0 unspecified atom stereocenters. The van der Waals surface area contributed by atoms with Crippen molar-refractivity contribution in [2.75, 3.05) is 0 Å². The molecule has 2 rings (SSSR count). The SMILES string of the molecule is O=C(O)C1(NCc2ccncc2)CCCCCC1. The van der Waals surface area contributed by atoms with Crippen molar-refractivity contribution in [2.24, 2.45) is 0 Å². The fourth-order valence-corrected chi connectivity index (χ4v) is 2.57. The van der Waals surface area contributed by atoms with E-state index < -0.39 is 11.5 Å². The molecular formula is C14H20N2O2. The van der Waals surface area contributed by atoms with Crippen LogP contribution in [0, 0.1) is 0 Å². The van der Waals surface area contributed by atoms with Crippen LogP contribution in [-0.4, -0.2) is 21.6 Å². The minimum absolute atomic E-state index is 0.592. The molecule has 0 spiro atoms. The van der Waals surface area contributed by atoms with Gasteiger partial charge in [0.2, 0.25) is 0 Å². The lowest BCUT2D eigenvalue weighted by atomic mass is 9.90. The predicted molar refractivity (Wildman–Crippen MR) is 69.1 cm³/mol. The molecule has 1 aromatic heterocycles. The van der Waals surface area contributed by atoms with Crippen LogP contribution in [0.15, 0.2) is 24.5 Å². The molecule has 0 saturated heterocycles. The van der Waals surface area contributed by atoms with Crippen molar-refractivity contribution in [2.45, 2.75) is 50.6 Å². The fourth-order valence-electron chi connectivity index (χ4n) is 2.57. The van der Waals surface area contributed by atoms with Gasteiger partial charge in [0, 0.05) is 18.9 Å². The average molecular weight is 248 g/mol. The van der Waals surface area contributed by atoms with Gasteiger partial charge in [-0.2, -0.15) is 0 Å². The van der Waals surface area contributed by atoms with Crippen molar-refractivity contribution < 1.29 is 9.90 Å². The number of carboxylic acids is 1. The Kier molecular flexibility index (Phi) is 4.31. The van der Waals surface area contributed by atoms with E-state index >= 15 is 0 Å². The summed E-state index contributed by atoms with van der Waals surface area (Å²) in [4.78, 5) is 15.5. The van der Waals surface area contributed by atoms with E-state index in [4.69, 9.17) is 0 Å². The molecule has 1 aliphatic carbocycles. The van der Waals surface area contributed by atoms with Crippen molar-refractivity contribution in [3.8, 4) is 0 Å². The molecule has 1 aromatic rings. The van der Waals surface area contributed by atoms with Crippen molar-refractivity contribution in [3.05, 3.63) is 30.1 Å². The normalized spacial score (nSPS) is 19.1. The quantitative estimate of drug-likeness (QED) is 0.803. The zero-order valence-electron chi connectivity index (χ0n) is 10.6. The highest BCUT2D eigenvalue weighted by molar-refractivity contribution is 5.78. The Morgan fingerprint density at radius 2 is 1.83 bits per heavy atom. The Morgan fingerprint density at radius 3 is 2.39 bits per heavy atom. The average Bonchev–Trinajstić information content (AvgIpc) is 2.64. The summed E-state index contributed by atoms with van der Waals surface area (Å²) in [6.07, 6.45) is 9.21. The molecule has 1 heterocycles. The number of carboxylic acid groups (broad SMARTS) is 1. The molecule has 2 N–H and O–H groups in total. The second kappa shape index (κ2) is 5.96. The lowest BCUT2D eigenvalue weighted by Gasteiger charge is -2.29. The summed E-state index contributed by atoms with van der Waals surface area (Å²) in [5.41, 5.74) is 0.342. The smallest absolute Gasteiger partial charge is 0.323 e. The highest BCUT2D eigenvalue weighted by Crippen LogP contribution is 2.27. The lowest BCUT2D eigenvalue weighted by Crippen LogP contribution is -2.51. The van der Waals surface area contributed by atoms with Crippen molar-refractivity contribution >= 4 is 5.97 Å². The molecule has 0 radical (unpaired) electrons. The third-order valence-corrected chi connectivity index (χ3v) is 3.75. The third-order valence-electron chi connectivity index (χ3n) is 3.75. The van der Waals surface area contributed by atoms with Crippen LogP contribution < -0.4 is 5.32 Å². The molecule has 4 heteroatoms. The summed E-state index contributed by atoms with van der Waals surface area (Å²) in [6.45, 7) is 0.592. The first-order valence-corrected chi connectivity index (χ1v) is 6.60. The first-order valence-electron chi connectivity index (χ1n) is 6.60. The number of nitrogens with zero attached hydrogens (tertiary/aromatic N) is 1. The third kappa shape index (κ3) is 3.07. The van der Waals surface area contributed by atoms with Crippen LogP contribution in [0.5, 0.6) is 0 Å². The van der Waals surface area contributed by atoms with E-state index in [1.54, 1.807) is 12.4 Å². The van der Waals surface area contributed by atoms with Crippen molar-refractivity contribution in [1.29, 1.82) is 0 Å². The van der Waals surface area contributed by atoms with Gasteiger partial charge in [-0.3, -0.25) is 15.1 Å². The molecule has 0 amide bonds. The fraction of sp³-hybridized carbons (Fsp3) is 0.571. The molecule has 98 valence electrons. The highest BCUT2D eigenvalue weighted by atomic mass is 16.4. The summed E-state index contributed by atoms with van der Waals surface area (Å²) in [5, 5.41) is 12.8. The van der Waals surface area contributed by atoms with Crippen LogP contribution in [0.3, 0.4) is 0 Å². The van der Waals surface area contributed by atoms with E-state index in [0.717, 1.165) is 44.1 Å². The Balaban J connectivity index is 2.04. The van der Waals surface area contributed by atoms with Gasteiger partial charge in [-0.05, 0) is 30.5 Å². The van der Waals surface area contributed by atoms with Crippen LogP contribution in [0.4, 0.5) is 0 Å². The van der Waals surface area contributed by atoms with Gasteiger partial charge in [-0.25, -0.2) is 0 Å². The van der Waals surface area contributed by atoms with E-state index in [1.807, 2.05) is 12.1 Å². The zero-order chi connectivity index (χ0) is 12.8. The number of pyridine rings is 1. The topological polar surface area (TPSA) is 62.2 Å². The lowest BCUT2D eigenvalue weighted by molar-refractivity contribution is -0.145. The number of carbonyl (C=O) groups is 1. The van der Waals surface area contributed by atoms with Gasteiger partial charge in [0.05, 0.1) is 0 Å². The van der Waals surface area contributed by atoms with Gasteiger partial charge in [-0.15, -0.1) is 0 Å². The number of rotatable bonds is 4. The van der Waals surface area contributed by atoms with Crippen LogP contribution in [0.1, 0.15) is 44.1 Å². The minimum atomic E-state index is -0.736. The number of hydrogen-bond donors (Lipinski definition) is 2. The van der Waals surface area contributed by atoms with E-state index in [2.05, 4.69) is 10.3 Å². The second-order valence-electron chi connectivity index (χ2n) is 5.01. The molecule has 18 heavy (non-hydrogen) atoms. The van der Waals surface area contributed by atoms with Crippen molar-refractivity contribution in [1.82, 2.24) is 10.3 Å². The second-order valence-corrected chi connectivity index (χ2v) is 5.01. The Hall–Kier alpha value is -1.42. The highest BCUT2D eigenvalue weighted by Gasteiger charge is 2.37. The minimum Gasteiger partial charge on any atom is -0.480 e. The maximum Gasteiger partial charge on any atom is 0.323 e. The van der Waals surface area contributed by atoms with Gasteiger partial charge < -0.3 is 5.11 Å². The Morgan fingerprint density at radius 1 is 1.22 bits per heavy atom. The zero-order valence-corrected chi connectivity index (χ0v) is 10.6. The van der Waals surface area contributed by atoms with Crippen LogP contribution in [0.25, 0.3) is 0 Å².